The third kappa shape index (κ3) is 7.34. The molecule has 0 radical (unpaired) electrons. The van der Waals surface area contributed by atoms with Crippen molar-refractivity contribution in [1.82, 2.24) is 5.32 Å². The van der Waals surface area contributed by atoms with Crippen LogP contribution in [0.5, 0.6) is 11.5 Å². The van der Waals surface area contributed by atoms with Gasteiger partial charge >= 0.3 is 0 Å². The molecule has 0 aromatic heterocycles. The molecule has 0 unspecified atom stereocenters. The summed E-state index contributed by atoms with van der Waals surface area (Å²) in [5, 5.41) is 3.42. The van der Waals surface area contributed by atoms with Gasteiger partial charge in [0.1, 0.15) is 0 Å². The highest BCUT2D eigenvalue weighted by Gasteiger charge is 2.05. The molecule has 0 saturated heterocycles. The smallest absolute Gasteiger partial charge is 0.161 e. The van der Waals surface area contributed by atoms with Crippen molar-refractivity contribution in [2.45, 2.75) is 33.7 Å². The number of rotatable bonds is 11. The second-order valence-corrected chi connectivity index (χ2v) is 5.42. The van der Waals surface area contributed by atoms with E-state index < -0.39 is 0 Å². The number of methoxy groups -OCH3 is 1. The van der Waals surface area contributed by atoms with Gasteiger partial charge in [-0.15, -0.1) is 0 Å². The molecule has 1 aromatic carbocycles. The summed E-state index contributed by atoms with van der Waals surface area (Å²) in [6.45, 7) is 10.4. The topological polar surface area (TPSA) is 39.7 Å². The lowest BCUT2D eigenvalue weighted by molar-refractivity contribution is 0.108. The summed E-state index contributed by atoms with van der Waals surface area (Å²) in [7, 11) is 1.66. The summed E-state index contributed by atoms with van der Waals surface area (Å²) in [6.07, 6.45) is 1.03. The molecule has 4 heteroatoms. The van der Waals surface area contributed by atoms with Gasteiger partial charge in [0.2, 0.25) is 0 Å². The predicted octanol–water partition coefficient (Wildman–Crippen LogP) is 3.25. The van der Waals surface area contributed by atoms with E-state index in [1.54, 1.807) is 7.11 Å². The molecule has 1 aromatic rings. The van der Waals surface area contributed by atoms with Gasteiger partial charge in [-0.2, -0.15) is 0 Å². The molecule has 0 spiro atoms. The fourth-order valence-corrected chi connectivity index (χ4v) is 1.95. The zero-order chi connectivity index (χ0) is 15.5. The Morgan fingerprint density at radius 3 is 2.67 bits per heavy atom. The molecular formula is C17H29NO3. The van der Waals surface area contributed by atoms with E-state index in [1.807, 2.05) is 19.1 Å². The molecular weight excluding hydrogens is 266 g/mol. The van der Waals surface area contributed by atoms with Crippen molar-refractivity contribution >= 4 is 0 Å². The lowest BCUT2D eigenvalue weighted by Gasteiger charge is -2.12. The van der Waals surface area contributed by atoms with Gasteiger partial charge in [-0.1, -0.05) is 19.9 Å². The Kier molecular flexibility index (Phi) is 8.87. The van der Waals surface area contributed by atoms with Crippen molar-refractivity contribution in [2.75, 3.05) is 33.5 Å². The quantitative estimate of drug-likeness (QED) is 0.636. The number of hydrogen-bond donors (Lipinski definition) is 1. The third-order valence-electron chi connectivity index (χ3n) is 2.95. The largest absolute Gasteiger partial charge is 0.493 e. The maximum atomic E-state index is 5.58. The minimum atomic E-state index is 0.606. The summed E-state index contributed by atoms with van der Waals surface area (Å²) in [5.41, 5.74) is 1.20. The molecule has 0 amide bonds. The normalized spacial score (nSPS) is 10.9. The van der Waals surface area contributed by atoms with Crippen molar-refractivity contribution in [3.8, 4) is 11.5 Å². The maximum Gasteiger partial charge on any atom is 0.161 e. The molecule has 120 valence electrons. The monoisotopic (exact) mass is 295 g/mol. The molecule has 0 saturated carbocycles. The lowest BCUT2D eigenvalue weighted by Crippen LogP contribution is -2.17. The number of nitrogens with one attached hydrogen (secondary N) is 1. The summed E-state index contributed by atoms with van der Waals surface area (Å²) in [6, 6.07) is 6.04. The van der Waals surface area contributed by atoms with Crippen molar-refractivity contribution in [3.63, 3.8) is 0 Å². The van der Waals surface area contributed by atoms with E-state index in [4.69, 9.17) is 14.2 Å². The van der Waals surface area contributed by atoms with E-state index in [1.165, 1.54) is 5.56 Å². The van der Waals surface area contributed by atoms with Gasteiger partial charge in [0.25, 0.3) is 0 Å². The second kappa shape index (κ2) is 10.5. The van der Waals surface area contributed by atoms with Gasteiger partial charge in [0.15, 0.2) is 11.5 Å². The molecule has 0 heterocycles. The average Bonchev–Trinajstić information content (AvgIpc) is 2.46. The highest BCUT2D eigenvalue weighted by molar-refractivity contribution is 5.42. The molecule has 0 aliphatic carbocycles. The fourth-order valence-electron chi connectivity index (χ4n) is 1.95. The van der Waals surface area contributed by atoms with Gasteiger partial charge in [0, 0.05) is 19.8 Å². The van der Waals surface area contributed by atoms with Crippen LogP contribution in [0.4, 0.5) is 0 Å². The molecule has 0 bridgehead atoms. The minimum absolute atomic E-state index is 0.606. The zero-order valence-electron chi connectivity index (χ0n) is 13.8. The second-order valence-electron chi connectivity index (χ2n) is 5.42. The fraction of sp³-hybridized carbons (Fsp3) is 0.647. The molecule has 0 aliphatic rings. The molecule has 0 atom stereocenters. The standard InChI is InChI=1S/C17H29NO3/c1-5-21-17-11-15(7-8-16(17)19-4)12-18-9-6-10-20-13-14(2)3/h7-8,11,14,18H,5-6,9-10,12-13H2,1-4H3. The number of benzene rings is 1. The van der Waals surface area contributed by atoms with Crippen molar-refractivity contribution in [1.29, 1.82) is 0 Å². The van der Waals surface area contributed by atoms with E-state index >= 15 is 0 Å². The lowest BCUT2D eigenvalue weighted by atomic mass is 10.2. The SMILES string of the molecule is CCOc1cc(CNCCCOCC(C)C)ccc1OC. The Morgan fingerprint density at radius 1 is 1.19 bits per heavy atom. The zero-order valence-corrected chi connectivity index (χ0v) is 13.8. The molecule has 1 N–H and O–H groups in total. The number of hydrogen-bond acceptors (Lipinski definition) is 4. The molecule has 0 aliphatic heterocycles. The average molecular weight is 295 g/mol. The van der Waals surface area contributed by atoms with Crippen LogP contribution in [-0.4, -0.2) is 33.5 Å². The predicted molar refractivity (Wildman–Crippen MR) is 86.1 cm³/mol. The molecule has 4 nitrogen and oxygen atoms in total. The Bertz CT molecular complexity index is 394. The van der Waals surface area contributed by atoms with Crippen LogP contribution >= 0.6 is 0 Å². The first kappa shape index (κ1) is 17.8. The van der Waals surface area contributed by atoms with Gasteiger partial charge in [-0.3, -0.25) is 0 Å². The summed E-state index contributed by atoms with van der Waals surface area (Å²) < 4.78 is 16.4. The van der Waals surface area contributed by atoms with Gasteiger partial charge in [-0.25, -0.2) is 0 Å². The van der Waals surface area contributed by atoms with E-state index in [-0.39, 0.29) is 0 Å². The summed E-state index contributed by atoms with van der Waals surface area (Å²) >= 11 is 0. The van der Waals surface area contributed by atoms with Crippen molar-refractivity contribution in [2.24, 2.45) is 5.92 Å². The summed E-state index contributed by atoms with van der Waals surface area (Å²) in [5.74, 6) is 2.19. The summed E-state index contributed by atoms with van der Waals surface area (Å²) in [4.78, 5) is 0. The van der Waals surface area contributed by atoms with Crippen LogP contribution in [-0.2, 0) is 11.3 Å². The van der Waals surface area contributed by atoms with Crippen molar-refractivity contribution < 1.29 is 14.2 Å². The van der Waals surface area contributed by atoms with Crippen LogP contribution in [0.3, 0.4) is 0 Å². The first-order valence-electron chi connectivity index (χ1n) is 7.75. The molecule has 21 heavy (non-hydrogen) atoms. The van der Waals surface area contributed by atoms with Crippen LogP contribution in [0.1, 0.15) is 32.8 Å². The maximum absolute atomic E-state index is 5.58. The highest BCUT2D eigenvalue weighted by Crippen LogP contribution is 2.27. The van der Waals surface area contributed by atoms with Crippen molar-refractivity contribution in [3.05, 3.63) is 23.8 Å². The van der Waals surface area contributed by atoms with E-state index in [0.717, 1.165) is 44.2 Å². The molecule has 0 fully saturated rings. The van der Waals surface area contributed by atoms with Crippen LogP contribution in [0, 0.1) is 5.92 Å². The van der Waals surface area contributed by atoms with Crippen LogP contribution in [0.25, 0.3) is 0 Å². The highest BCUT2D eigenvalue weighted by atomic mass is 16.5. The van der Waals surface area contributed by atoms with E-state index in [9.17, 15) is 0 Å². The molecule has 1 rings (SSSR count). The van der Waals surface area contributed by atoms with Crippen LogP contribution in [0.2, 0.25) is 0 Å². The Labute approximate surface area is 128 Å². The van der Waals surface area contributed by atoms with Crippen LogP contribution in [0.15, 0.2) is 18.2 Å². The van der Waals surface area contributed by atoms with Gasteiger partial charge in [-0.05, 0) is 43.5 Å². The van der Waals surface area contributed by atoms with E-state index in [0.29, 0.717) is 12.5 Å². The van der Waals surface area contributed by atoms with Gasteiger partial charge in [0.05, 0.1) is 13.7 Å². The first-order valence-corrected chi connectivity index (χ1v) is 7.75. The third-order valence-corrected chi connectivity index (χ3v) is 2.95. The first-order chi connectivity index (χ1) is 10.2. The Balaban J connectivity index is 2.27. The minimum Gasteiger partial charge on any atom is -0.493 e. The number of ether oxygens (including phenoxy) is 3. The van der Waals surface area contributed by atoms with E-state index in [2.05, 4.69) is 25.2 Å². The van der Waals surface area contributed by atoms with Crippen LogP contribution < -0.4 is 14.8 Å². The Hall–Kier alpha value is -1.26. The Morgan fingerprint density at radius 2 is 2.00 bits per heavy atom. The van der Waals surface area contributed by atoms with Gasteiger partial charge < -0.3 is 19.5 Å².